The first kappa shape index (κ1) is 28.7. The summed E-state index contributed by atoms with van der Waals surface area (Å²) >= 11 is 0. The van der Waals surface area contributed by atoms with Crippen LogP contribution in [0.3, 0.4) is 0 Å². The normalized spacial score (nSPS) is 22.1. The summed E-state index contributed by atoms with van der Waals surface area (Å²) in [5.41, 5.74) is 0.944. The van der Waals surface area contributed by atoms with Crippen LogP contribution in [0, 0.1) is 11.8 Å². The summed E-state index contributed by atoms with van der Waals surface area (Å²) in [5.74, 6) is -1.18. The van der Waals surface area contributed by atoms with Gasteiger partial charge in [0.25, 0.3) is 0 Å². The maximum atomic E-state index is 11.5. The quantitative estimate of drug-likeness (QED) is 0.179. The van der Waals surface area contributed by atoms with Crippen LogP contribution in [-0.2, 0) is 28.7 Å². The molecule has 1 rings (SSSR count). The Kier molecular flexibility index (Phi) is 15.0. The fraction of sp³-hybridized carbons (Fsp3) is 0.640. The first-order valence-electron chi connectivity index (χ1n) is 11.6. The molecule has 1 fully saturated rings. The van der Waals surface area contributed by atoms with Gasteiger partial charge in [-0.2, -0.15) is 0 Å². The second-order valence-electron chi connectivity index (χ2n) is 8.44. The van der Waals surface area contributed by atoms with Gasteiger partial charge in [-0.05, 0) is 75.4 Å². The summed E-state index contributed by atoms with van der Waals surface area (Å²) in [6, 6.07) is 0. The summed E-state index contributed by atoms with van der Waals surface area (Å²) in [5, 5.41) is 20.0. The van der Waals surface area contributed by atoms with E-state index in [1.807, 2.05) is 0 Å². The molecule has 1 aliphatic rings. The van der Waals surface area contributed by atoms with E-state index >= 15 is 0 Å². The molecule has 0 aliphatic carbocycles. The Labute approximate surface area is 195 Å². The third kappa shape index (κ3) is 11.4. The van der Waals surface area contributed by atoms with Crippen LogP contribution in [0.4, 0.5) is 0 Å². The molecule has 5 unspecified atom stereocenters. The second kappa shape index (κ2) is 17.2. The fourth-order valence-electron chi connectivity index (χ4n) is 3.90. The molecule has 1 saturated heterocycles. The SMILES string of the molecule is O=CCCC/C=C(/C=O)CCC(O)C(C=O)CC/C=C(/C=O)CC(C=O)C1CCCC(O)O1. The molecule has 0 saturated carbocycles. The van der Waals surface area contributed by atoms with E-state index in [4.69, 9.17) is 4.74 Å². The molecule has 0 bridgehead atoms. The number of allylic oxidation sites excluding steroid dienone is 4. The lowest BCUT2D eigenvalue weighted by Gasteiger charge is -2.30. The van der Waals surface area contributed by atoms with Crippen molar-refractivity contribution in [1.29, 1.82) is 0 Å². The van der Waals surface area contributed by atoms with Gasteiger partial charge in [0.2, 0.25) is 0 Å². The highest BCUT2D eigenvalue weighted by Gasteiger charge is 2.28. The summed E-state index contributed by atoms with van der Waals surface area (Å²) in [6.07, 6.45) is 9.88. The van der Waals surface area contributed by atoms with Crippen LogP contribution in [0.25, 0.3) is 0 Å². The molecule has 0 amide bonds. The maximum absolute atomic E-state index is 11.5. The summed E-state index contributed by atoms with van der Waals surface area (Å²) in [7, 11) is 0. The van der Waals surface area contributed by atoms with Crippen LogP contribution in [0.5, 0.6) is 0 Å². The Morgan fingerprint density at radius 2 is 1.64 bits per heavy atom. The third-order valence-electron chi connectivity index (χ3n) is 5.94. The van der Waals surface area contributed by atoms with Gasteiger partial charge in [-0.3, -0.25) is 9.59 Å². The minimum absolute atomic E-state index is 0.191. The van der Waals surface area contributed by atoms with E-state index in [1.54, 1.807) is 12.2 Å². The molecule has 1 heterocycles. The van der Waals surface area contributed by atoms with E-state index < -0.39 is 30.3 Å². The van der Waals surface area contributed by atoms with Crippen molar-refractivity contribution < 1.29 is 38.9 Å². The topological polar surface area (TPSA) is 135 Å². The van der Waals surface area contributed by atoms with E-state index in [1.165, 1.54) is 0 Å². The zero-order valence-electron chi connectivity index (χ0n) is 19.1. The summed E-state index contributed by atoms with van der Waals surface area (Å²) in [6.45, 7) is 0. The van der Waals surface area contributed by atoms with Gasteiger partial charge < -0.3 is 29.3 Å². The lowest BCUT2D eigenvalue weighted by molar-refractivity contribution is -0.177. The zero-order valence-corrected chi connectivity index (χ0v) is 19.1. The Bertz CT molecular complexity index is 684. The standard InChI is InChI=1S/C25H36O8/c26-13-3-1-2-6-19(15-27)11-12-23(31)21(17-29)8-4-7-20(16-28)14-22(18-30)24-9-5-10-25(32)33-24/h6-7,13,15-18,21-25,31-32H,1-5,8-12,14H2/b19-6+,20-7+. The number of unbranched alkanes of at least 4 members (excludes halogenated alkanes) is 2. The Morgan fingerprint density at radius 1 is 0.909 bits per heavy atom. The van der Waals surface area contributed by atoms with Gasteiger partial charge in [0, 0.05) is 18.3 Å². The predicted molar refractivity (Wildman–Crippen MR) is 121 cm³/mol. The number of aliphatic hydroxyl groups is 2. The van der Waals surface area contributed by atoms with Crippen molar-refractivity contribution in [3.05, 3.63) is 23.3 Å². The smallest absolute Gasteiger partial charge is 0.154 e. The fourth-order valence-corrected chi connectivity index (χ4v) is 3.90. The number of hydrogen-bond acceptors (Lipinski definition) is 8. The molecular weight excluding hydrogens is 428 g/mol. The van der Waals surface area contributed by atoms with E-state index in [0.717, 1.165) is 25.3 Å². The zero-order chi connectivity index (χ0) is 24.5. The molecule has 0 spiro atoms. The van der Waals surface area contributed by atoms with Crippen LogP contribution in [0.2, 0.25) is 0 Å². The number of carbonyl (C=O) groups is 5. The van der Waals surface area contributed by atoms with Gasteiger partial charge in [0.1, 0.15) is 31.4 Å². The van der Waals surface area contributed by atoms with Gasteiger partial charge in [0.05, 0.1) is 12.2 Å². The molecule has 0 aromatic carbocycles. The molecule has 8 heteroatoms. The monoisotopic (exact) mass is 464 g/mol. The molecule has 0 radical (unpaired) electrons. The van der Waals surface area contributed by atoms with Gasteiger partial charge in [-0.1, -0.05) is 12.2 Å². The molecule has 1 aliphatic heterocycles. The highest BCUT2D eigenvalue weighted by atomic mass is 16.6. The first-order chi connectivity index (χ1) is 16.0. The number of aldehydes is 5. The van der Waals surface area contributed by atoms with E-state index in [0.29, 0.717) is 75.1 Å². The minimum atomic E-state index is -0.922. The van der Waals surface area contributed by atoms with E-state index in [9.17, 15) is 34.2 Å². The molecular formula is C25H36O8. The minimum Gasteiger partial charge on any atom is -0.392 e. The molecule has 0 aromatic heterocycles. The van der Waals surface area contributed by atoms with E-state index in [2.05, 4.69) is 0 Å². The Balaban J connectivity index is 2.55. The highest BCUT2D eigenvalue weighted by molar-refractivity contribution is 5.74. The van der Waals surface area contributed by atoms with Crippen molar-refractivity contribution in [2.75, 3.05) is 0 Å². The van der Waals surface area contributed by atoms with E-state index in [-0.39, 0.29) is 12.8 Å². The average molecular weight is 465 g/mol. The largest absolute Gasteiger partial charge is 0.392 e. The molecule has 33 heavy (non-hydrogen) atoms. The number of ether oxygens (including phenoxy) is 1. The van der Waals surface area contributed by atoms with Crippen LogP contribution >= 0.6 is 0 Å². The number of carbonyl (C=O) groups excluding carboxylic acids is 5. The Hall–Kier alpha value is -2.29. The van der Waals surface area contributed by atoms with Crippen molar-refractivity contribution in [3.63, 3.8) is 0 Å². The van der Waals surface area contributed by atoms with Crippen molar-refractivity contribution >= 4 is 31.4 Å². The number of hydrogen-bond donors (Lipinski definition) is 2. The van der Waals surface area contributed by atoms with Gasteiger partial charge >= 0.3 is 0 Å². The maximum Gasteiger partial charge on any atom is 0.154 e. The summed E-state index contributed by atoms with van der Waals surface area (Å²) in [4.78, 5) is 55.9. The van der Waals surface area contributed by atoms with Crippen LogP contribution < -0.4 is 0 Å². The Morgan fingerprint density at radius 3 is 2.24 bits per heavy atom. The van der Waals surface area contributed by atoms with Gasteiger partial charge in [0.15, 0.2) is 6.29 Å². The lowest BCUT2D eigenvalue weighted by atomic mass is 9.89. The second-order valence-corrected chi connectivity index (χ2v) is 8.44. The molecule has 8 nitrogen and oxygen atoms in total. The van der Waals surface area contributed by atoms with Crippen LogP contribution in [0.1, 0.15) is 70.6 Å². The van der Waals surface area contributed by atoms with Crippen LogP contribution in [0.15, 0.2) is 23.3 Å². The van der Waals surface area contributed by atoms with Crippen molar-refractivity contribution in [1.82, 2.24) is 0 Å². The lowest BCUT2D eigenvalue weighted by Crippen LogP contribution is -2.34. The van der Waals surface area contributed by atoms with Crippen molar-refractivity contribution in [2.24, 2.45) is 11.8 Å². The molecule has 2 N–H and O–H groups in total. The summed E-state index contributed by atoms with van der Waals surface area (Å²) < 4.78 is 5.43. The average Bonchev–Trinajstić information content (AvgIpc) is 2.83. The molecule has 5 atom stereocenters. The molecule has 184 valence electrons. The first-order valence-corrected chi connectivity index (χ1v) is 11.6. The highest BCUT2D eigenvalue weighted by Crippen LogP contribution is 2.26. The third-order valence-corrected chi connectivity index (χ3v) is 5.94. The van der Waals surface area contributed by atoms with Crippen molar-refractivity contribution in [2.45, 2.75) is 89.1 Å². The molecule has 0 aromatic rings. The van der Waals surface area contributed by atoms with Crippen LogP contribution in [-0.4, -0.2) is 60.1 Å². The number of aliphatic hydroxyl groups excluding tert-OH is 2. The van der Waals surface area contributed by atoms with Gasteiger partial charge in [-0.15, -0.1) is 0 Å². The van der Waals surface area contributed by atoms with Crippen molar-refractivity contribution in [3.8, 4) is 0 Å². The van der Waals surface area contributed by atoms with Gasteiger partial charge in [-0.25, -0.2) is 0 Å². The number of rotatable bonds is 18. The predicted octanol–water partition coefficient (Wildman–Crippen LogP) is 2.44.